The predicted octanol–water partition coefficient (Wildman–Crippen LogP) is 3.06. The Morgan fingerprint density at radius 2 is 1.93 bits per heavy atom. The number of nitrogens with one attached hydrogen (secondary N) is 1. The van der Waals surface area contributed by atoms with E-state index in [4.69, 9.17) is 14.2 Å². The molecule has 1 N–H and O–H groups in total. The number of benzene rings is 2. The van der Waals surface area contributed by atoms with E-state index in [0.29, 0.717) is 32.9 Å². The lowest BCUT2D eigenvalue weighted by atomic mass is 10.0. The number of carbonyl (C=O) groups is 1. The molecule has 0 saturated carbocycles. The van der Waals surface area contributed by atoms with Crippen LogP contribution < -0.4 is 14.8 Å². The largest absolute Gasteiger partial charge is 0.486 e. The molecular formula is C23H28N2O4. The van der Waals surface area contributed by atoms with Crippen molar-refractivity contribution < 1.29 is 19.0 Å². The number of nitrogens with zero attached hydrogens (tertiary/aromatic N) is 1. The van der Waals surface area contributed by atoms with E-state index in [9.17, 15) is 4.79 Å². The Balaban J connectivity index is 1.35. The molecule has 2 aromatic rings. The number of likely N-dealkylation sites (tertiary alicyclic amines) is 1. The Bertz CT molecular complexity index is 837. The highest BCUT2D eigenvalue weighted by Gasteiger charge is 2.31. The average molecular weight is 396 g/mol. The van der Waals surface area contributed by atoms with E-state index in [1.54, 1.807) is 7.11 Å². The van der Waals surface area contributed by atoms with Crippen molar-refractivity contribution >= 4 is 5.91 Å². The second-order valence-corrected chi connectivity index (χ2v) is 7.53. The highest BCUT2D eigenvalue weighted by Crippen LogP contribution is 2.42. The summed E-state index contributed by atoms with van der Waals surface area (Å²) in [7, 11) is 1.68. The fourth-order valence-corrected chi connectivity index (χ4v) is 4.09. The van der Waals surface area contributed by atoms with Gasteiger partial charge in [-0.2, -0.15) is 0 Å². The zero-order valence-corrected chi connectivity index (χ0v) is 16.9. The monoisotopic (exact) mass is 396 g/mol. The van der Waals surface area contributed by atoms with Gasteiger partial charge in [0.1, 0.15) is 13.2 Å². The third kappa shape index (κ3) is 4.71. The second-order valence-electron chi connectivity index (χ2n) is 7.53. The fourth-order valence-electron chi connectivity index (χ4n) is 4.09. The van der Waals surface area contributed by atoms with Crippen LogP contribution in [0.1, 0.15) is 35.6 Å². The summed E-state index contributed by atoms with van der Waals surface area (Å²) in [5.74, 6) is 1.69. The van der Waals surface area contributed by atoms with Crippen molar-refractivity contribution in [2.24, 2.45) is 0 Å². The van der Waals surface area contributed by atoms with Crippen molar-refractivity contribution in [1.82, 2.24) is 10.2 Å². The quantitative estimate of drug-likeness (QED) is 0.780. The maximum Gasteiger partial charge on any atom is 0.234 e. The van der Waals surface area contributed by atoms with E-state index in [2.05, 4.69) is 16.3 Å². The predicted molar refractivity (Wildman–Crippen MR) is 110 cm³/mol. The minimum absolute atomic E-state index is 0.0415. The van der Waals surface area contributed by atoms with Gasteiger partial charge in [-0.05, 0) is 36.6 Å². The molecule has 2 aromatic carbocycles. The lowest BCUT2D eigenvalue weighted by Gasteiger charge is -2.28. The van der Waals surface area contributed by atoms with Gasteiger partial charge in [-0.3, -0.25) is 9.69 Å². The molecule has 2 heterocycles. The molecule has 6 nitrogen and oxygen atoms in total. The highest BCUT2D eigenvalue weighted by atomic mass is 16.6. The van der Waals surface area contributed by atoms with Gasteiger partial charge < -0.3 is 19.5 Å². The lowest BCUT2D eigenvalue weighted by Crippen LogP contribution is -2.36. The average Bonchev–Trinajstić information content (AvgIpc) is 3.21. The first-order chi connectivity index (χ1) is 14.2. The maximum atomic E-state index is 12.6. The number of fused-ring (bicyclic) bond motifs is 1. The van der Waals surface area contributed by atoms with Gasteiger partial charge in [-0.15, -0.1) is 0 Å². The number of ether oxygens (including phenoxy) is 3. The van der Waals surface area contributed by atoms with Gasteiger partial charge in [0, 0.05) is 25.3 Å². The Morgan fingerprint density at radius 1 is 1.14 bits per heavy atom. The van der Waals surface area contributed by atoms with Crippen molar-refractivity contribution in [2.45, 2.75) is 32.0 Å². The Kier molecular flexibility index (Phi) is 6.32. The molecule has 0 bridgehead atoms. The molecule has 1 fully saturated rings. The fraction of sp³-hybridized carbons (Fsp3) is 0.435. The molecule has 1 amide bonds. The van der Waals surface area contributed by atoms with Gasteiger partial charge in [-0.25, -0.2) is 0 Å². The summed E-state index contributed by atoms with van der Waals surface area (Å²) < 4.78 is 16.7. The van der Waals surface area contributed by atoms with Crippen LogP contribution in [-0.4, -0.2) is 44.2 Å². The van der Waals surface area contributed by atoms with E-state index in [1.807, 2.05) is 36.4 Å². The summed E-state index contributed by atoms with van der Waals surface area (Å²) >= 11 is 0. The number of amides is 1. The first kappa shape index (κ1) is 19.7. The molecule has 1 saturated heterocycles. The van der Waals surface area contributed by atoms with E-state index in [1.165, 1.54) is 0 Å². The minimum atomic E-state index is 0.0415. The van der Waals surface area contributed by atoms with Gasteiger partial charge >= 0.3 is 0 Å². The van der Waals surface area contributed by atoms with E-state index >= 15 is 0 Å². The first-order valence-corrected chi connectivity index (χ1v) is 10.2. The molecule has 1 atom stereocenters. The SMILES string of the molecule is COCc1ccc(CNC(=O)CN2CCCC2c2cccc3c2OCCO3)cc1. The zero-order valence-electron chi connectivity index (χ0n) is 16.9. The third-order valence-electron chi connectivity index (χ3n) is 5.49. The molecule has 1 unspecified atom stereocenters. The number of para-hydroxylation sites is 1. The van der Waals surface area contributed by atoms with Gasteiger partial charge in [0.2, 0.25) is 5.91 Å². The topological polar surface area (TPSA) is 60.0 Å². The van der Waals surface area contributed by atoms with Gasteiger partial charge in [0.05, 0.1) is 13.2 Å². The van der Waals surface area contributed by atoms with Crippen molar-refractivity contribution in [2.75, 3.05) is 33.4 Å². The van der Waals surface area contributed by atoms with Gasteiger partial charge in [0.15, 0.2) is 11.5 Å². The van der Waals surface area contributed by atoms with E-state index in [0.717, 1.165) is 47.6 Å². The molecule has 0 aliphatic carbocycles. The standard InChI is InChI=1S/C23H28N2O4/c1-27-16-18-9-7-17(8-10-18)14-24-22(26)15-25-11-3-5-20(25)19-4-2-6-21-23(19)29-13-12-28-21/h2,4,6-10,20H,3,5,11-16H2,1H3,(H,24,26). The number of carbonyl (C=O) groups excluding carboxylic acids is 1. The molecular weight excluding hydrogens is 368 g/mol. The molecule has 2 aliphatic heterocycles. The van der Waals surface area contributed by atoms with Crippen LogP contribution in [0.5, 0.6) is 11.5 Å². The van der Waals surface area contributed by atoms with Crippen LogP contribution in [0.4, 0.5) is 0 Å². The number of rotatable bonds is 7. The molecule has 2 aliphatic rings. The molecule has 0 spiro atoms. The minimum Gasteiger partial charge on any atom is -0.486 e. The molecule has 29 heavy (non-hydrogen) atoms. The maximum absolute atomic E-state index is 12.6. The van der Waals surface area contributed by atoms with Crippen LogP contribution in [0.3, 0.4) is 0 Å². The third-order valence-corrected chi connectivity index (χ3v) is 5.49. The summed E-state index contributed by atoms with van der Waals surface area (Å²) in [6.07, 6.45) is 2.09. The van der Waals surface area contributed by atoms with Crippen molar-refractivity contribution in [3.8, 4) is 11.5 Å². The molecule has 0 aromatic heterocycles. The van der Waals surface area contributed by atoms with Crippen LogP contribution in [0.25, 0.3) is 0 Å². The van der Waals surface area contributed by atoms with Crippen LogP contribution in [0, 0.1) is 0 Å². The Morgan fingerprint density at radius 3 is 2.76 bits per heavy atom. The zero-order chi connectivity index (χ0) is 20.1. The summed E-state index contributed by atoms with van der Waals surface area (Å²) in [4.78, 5) is 14.8. The number of methoxy groups -OCH3 is 1. The van der Waals surface area contributed by atoms with E-state index in [-0.39, 0.29) is 11.9 Å². The number of hydrogen-bond donors (Lipinski definition) is 1. The van der Waals surface area contributed by atoms with E-state index < -0.39 is 0 Å². The normalized spacial score (nSPS) is 18.6. The van der Waals surface area contributed by atoms with Crippen LogP contribution in [0.2, 0.25) is 0 Å². The molecule has 6 heteroatoms. The summed E-state index contributed by atoms with van der Waals surface area (Å²) in [6, 6.07) is 14.3. The summed E-state index contributed by atoms with van der Waals surface area (Å²) in [6.45, 7) is 3.58. The van der Waals surface area contributed by atoms with Crippen LogP contribution in [-0.2, 0) is 22.7 Å². The van der Waals surface area contributed by atoms with Crippen molar-refractivity contribution in [3.63, 3.8) is 0 Å². The molecule has 0 radical (unpaired) electrons. The highest BCUT2D eigenvalue weighted by molar-refractivity contribution is 5.78. The van der Waals surface area contributed by atoms with Gasteiger partial charge in [-0.1, -0.05) is 36.4 Å². The summed E-state index contributed by atoms with van der Waals surface area (Å²) in [5.41, 5.74) is 3.33. The number of hydrogen-bond acceptors (Lipinski definition) is 5. The lowest BCUT2D eigenvalue weighted by molar-refractivity contribution is -0.122. The summed E-state index contributed by atoms with van der Waals surface area (Å²) in [5, 5.41) is 3.04. The Labute approximate surface area is 171 Å². The Hall–Kier alpha value is -2.57. The second kappa shape index (κ2) is 9.29. The van der Waals surface area contributed by atoms with Crippen molar-refractivity contribution in [1.29, 1.82) is 0 Å². The van der Waals surface area contributed by atoms with Crippen molar-refractivity contribution in [3.05, 3.63) is 59.2 Å². The molecule has 4 rings (SSSR count). The molecule has 154 valence electrons. The van der Waals surface area contributed by atoms with Gasteiger partial charge in [0.25, 0.3) is 0 Å². The smallest absolute Gasteiger partial charge is 0.234 e. The van der Waals surface area contributed by atoms with Crippen LogP contribution in [0.15, 0.2) is 42.5 Å². The first-order valence-electron chi connectivity index (χ1n) is 10.2. The van der Waals surface area contributed by atoms with Crippen LogP contribution >= 0.6 is 0 Å².